The highest BCUT2D eigenvalue weighted by Gasteiger charge is 2.15. The summed E-state index contributed by atoms with van der Waals surface area (Å²) >= 11 is 0. The molecule has 0 aliphatic carbocycles. The van der Waals surface area contributed by atoms with Gasteiger partial charge >= 0.3 is 0 Å². The van der Waals surface area contributed by atoms with Gasteiger partial charge in [-0.25, -0.2) is 4.98 Å². The molecule has 0 fully saturated rings. The maximum Gasteiger partial charge on any atom is 0.263 e. The zero-order valence-corrected chi connectivity index (χ0v) is 11.7. The van der Waals surface area contributed by atoms with Gasteiger partial charge in [-0.15, -0.1) is 0 Å². The maximum absolute atomic E-state index is 12.6. The van der Waals surface area contributed by atoms with Gasteiger partial charge in [-0.05, 0) is 18.2 Å². The van der Waals surface area contributed by atoms with Crippen LogP contribution in [0.3, 0.4) is 0 Å². The monoisotopic (exact) mass is 287 g/mol. The predicted molar refractivity (Wildman–Crippen MR) is 85.7 cm³/mol. The number of hydrogen-bond donors (Lipinski definition) is 1. The van der Waals surface area contributed by atoms with Gasteiger partial charge in [0.15, 0.2) is 0 Å². The molecular weight excluding hydrogens is 274 g/mol. The summed E-state index contributed by atoms with van der Waals surface area (Å²) in [5, 5.41) is 1.13. The van der Waals surface area contributed by atoms with Crippen LogP contribution in [0.5, 0.6) is 0 Å². The Morgan fingerprint density at radius 1 is 1.05 bits per heavy atom. The molecule has 0 bridgehead atoms. The van der Waals surface area contributed by atoms with E-state index in [4.69, 9.17) is 0 Å². The maximum atomic E-state index is 12.6. The topological polar surface area (TPSA) is 50.7 Å². The Morgan fingerprint density at radius 2 is 1.86 bits per heavy atom. The van der Waals surface area contributed by atoms with Crippen LogP contribution in [0.2, 0.25) is 0 Å². The van der Waals surface area contributed by atoms with Crippen molar-refractivity contribution in [1.82, 2.24) is 14.5 Å². The highest BCUT2D eigenvalue weighted by atomic mass is 16.2. The Labute approximate surface area is 127 Å². The number of imidazole rings is 1. The summed E-state index contributed by atoms with van der Waals surface area (Å²) in [6.07, 6.45) is 4.78. The van der Waals surface area contributed by atoms with Gasteiger partial charge in [0.2, 0.25) is 0 Å². The largest absolute Gasteiger partial charge is 0.355 e. The number of aromatic nitrogens is 3. The standard InChI is InChI=1S/C18H13N3O/c22-18(21-10-9-19-12-21)15-7-3-2-6-14(15)17-11-13-5-1-4-8-16(13)20-17/h1-12,20H. The van der Waals surface area contributed by atoms with E-state index in [9.17, 15) is 4.79 Å². The lowest BCUT2D eigenvalue weighted by atomic mass is 10.0. The van der Waals surface area contributed by atoms with Crippen LogP contribution < -0.4 is 0 Å². The number of para-hydroxylation sites is 1. The summed E-state index contributed by atoms with van der Waals surface area (Å²) < 4.78 is 1.49. The van der Waals surface area contributed by atoms with E-state index in [2.05, 4.69) is 22.1 Å². The lowest BCUT2D eigenvalue weighted by molar-refractivity contribution is 0.0960. The summed E-state index contributed by atoms with van der Waals surface area (Å²) in [5.41, 5.74) is 3.53. The number of aromatic amines is 1. The second-order valence-corrected chi connectivity index (χ2v) is 5.09. The third kappa shape index (κ3) is 2.02. The van der Waals surface area contributed by atoms with Crippen LogP contribution in [0, 0.1) is 0 Å². The number of hydrogen-bond acceptors (Lipinski definition) is 2. The summed E-state index contributed by atoms with van der Waals surface area (Å²) in [5.74, 6) is -0.0910. The smallest absolute Gasteiger partial charge is 0.263 e. The van der Waals surface area contributed by atoms with Gasteiger partial charge in [0.25, 0.3) is 5.91 Å². The van der Waals surface area contributed by atoms with E-state index in [1.165, 1.54) is 10.9 Å². The molecule has 0 saturated carbocycles. The van der Waals surface area contributed by atoms with E-state index in [1.807, 2.05) is 42.5 Å². The van der Waals surface area contributed by atoms with E-state index in [1.54, 1.807) is 12.4 Å². The van der Waals surface area contributed by atoms with Gasteiger partial charge in [0.05, 0.1) is 0 Å². The molecule has 2 aromatic heterocycles. The van der Waals surface area contributed by atoms with E-state index in [0.717, 1.165) is 22.2 Å². The van der Waals surface area contributed by atoms with Crippen LogP contribution in [-0.4, -0.2) is 20.4 Å². The first-order valence-electron chi connectivity index (χ1n) is 7.03. The summed E-state index contributed by atoms with van der Waals surface area (Å²) in [7, 11) is 0. The van der Waals surface area contributed by atoms with Gasteiger partial charge in [0.1, 0.15) is 6.33 Å². The average molecular weight is 287 g/mol. The summed E-state index contributed by atoms with van der Waals surface area (Å²) in [6, 6.07) is 17.7. The lowest BCUT2D eigenvalue weighted by Crippen LogP contribution is -2.11. The minimum Gasteiger partial charge on any atom is -0.355 e. The molecule has 0 aliphatic heterocycles. The molecular formula is C18H13N3O. The van der Waals surface area contributed by atoms with Crippen LogP contribution in [0.1, 0.15) is 10.4 Å². The van der Waals surface area contributed by atoms with Crippen LogP contribution in [0.15, 0.2) is 73.3 Å². The van der Waals surface area contributed by atoms with Gasteiger partial charge < -0.3 is 4.98 Å². The molecule has 2 heterocycles. The molecule has 4 nitrogen and oxygen atoms in total. The Bertz CT molecular complexity index is 918. The van der Waals surface area contributed by atoms with Crippen molar-refractivity contribution in [1.29, 1.82) is 0 Å². The highest BCUT2D eigenvalue weighted by Crippen LogP contribution is 2.27. The molecule has 106 valence electrons. The molecule has 4 heteroatoms. The van der Waals surface area contributed by atoms with Gasteiger partial charge in [-0.1, -0.05) is 36.4 Å². The Morgan fingerprint density at radius 3 is 2.68 bits per heavy atom. The second kappa shape index (κ2) is 5.00. The molecule has 22 heavy (non-hydrogen) atoms. The number of carbonyl (C=O) groups excluding carboxylic acids is 1. The minimum absolute atomic E-state index is 0.0910. The van der Waals surface area contributed by atoms with Crippen molar-refractivity contribution in [3.8, 4) is 11.3 Å². The van der Waals surface area contributed by atoms with Crippen LogP contribution >= 0.6 is 0 Å². The van der Waals surface area contributed by atoms with Crippen molar-refractivity contribution in [2.45, 2.75) is 0 Å². The fourth-order valence-electron chi connectivity index (χ4n) is 2.64. The first-order valence-corrected chi connectivity index (χ1v) is 7.03. The second-order valence-electron chi connectivity index (χ2n) is 5.09. The third-order valence-electron chi connectivity index (χ3n) is 3.72. The van der Waals surface area contributed by atoms with Gasteiger partial charge in [0, 0.05) is 40.1 Å². The van der Waals surface area contributed by atoms with Crippen molar-refractivity contribution in [2.24, 2.45) is 0 Å². The lowest BCUT2D eigenvalue weighted by Gasteiger charge is -2.07. The zero-order valence-electron chi connectivity index (χ0n) is 11.7. The quantitative estimate of drug-likeness (QED) is 0.611. The first-order chi connectivity index (χ1) is 10.8. The predicted octanol–water partition coefficient (Wildman–Crippen LogP) is 3.72. The van der Waals surface area contributed by atoms with Gasteiger partial charge in [-0.3, -0.25) is 9.36 Å². The highest BCUT2D eigenvalue weighted by molar-refractivity contribution is 6.02. The van der Waals surface area contributed by atoms with Crippen LogP contribution in [0.25, 0.3) is 22.2 Å². The fraction of sp³-hybridized carbons (Fsp3) is 0. The number of benzene rings is 2. The zero-order chi connectivity index (χ0) is 14.9. The SMILES string of the molecule is O=C(c1ccccc1-c1cc2ccccc2[nH]1)n1ccnc1. The molecule has 0 radical (unpaired) electrons. The Balaban J connectivity index is 1.87. The van der Waals surface area contributed by atoms with Crippen molar-refractivity contribution < 1.29 is 4.79 Å². The van der Waals surface area contributed by atoms with E-state index < -0.39 is 0 Å². The Hall–Kier alpha value is -3.14. The van der Waals surface area contributed by atoms with Crippen molar-refractivity contribution in [3.05, 3.63) is 78.9 Å². The number of nitrogens with zero attached hydrogens (tertiary/aromatic N) is 2. The number of H-pyrrole nitrogens is 1. The first kappa shape index (κ1) is 12.6. The summed E-state index contributed by atoms with van der Waals surface area (Å²) in [4.78, 5) is 19.9. The van der Waals surface area contributed by atoms with Crippen molar-refractivity contribution in [3.63, 3.8) is 0 Å². The number of nitrogens with one attached hydrogen (secondary N) is 1. The molecule has 0 spiro atoms. The molecule has 0 unspecified atom stereocenters. The van der Waals surface area contributed by atoms with Gasteiger partial charge in [-0.2, -0.15) is 0 Å². The van der Waals surface area contributed by atoms with Crippen molar-refractivity contribution >= 4 is 16.8 Å². The van der Waals surface area contributed by atoms with E-state index >= 15 is 0 Å². The third-order valence-corrected chi connectivity index (χ3v) is 3.72. The number of fused-ring (bicyclic) bond motifs is 1. The molecule has 1 N–H and O–H groups in total. The molecule has 0 saturated heterocycles. The minimum atomic E-state index is -0.0910. The summed E-state index contributed by atoms with van der Waals surface area (Å²) in [6.45, 7) is 0. The Kier molecular flexibility index (Phi) is 2.86. The molecule has 2 aromatic carbocycles. The van der Waals surface area contributed by atoms with E-state index in [-0.39, 0.29) is 5.91 Å². The van der Waals surface area contributed by atoms with Crippen molar-refractivity contribution in [2.75, 3.05) is 0 Å². The van der Waals surface area contributed by atoms with Crippen LogP contribution in [-0.2, 0) is 0 Å². The van der Waals surface area contributed by atoms with Crippen LogP contribution in [0.4, 0.5) is 0 Å². The molecule has 0 amide bonds. The average Bonchev–Trinajstić information content (AvgIpc) is 3.23. The number of rotatable bonds is 2. The number of carbonyl (C=O) groups is 1. The fourth-order valence-corrected chi connectivity index (χ4v) is 2.64. The van der Waals surface area contributed by atoms with E-state index in [0.29, 0.717) is 5.56 Å². The molecule has 4 aromatic rings. The molecule has 0 aliphatic rings. The molecule has 4 rings (SSSR count). The normalized spacial score (nSPS) is 10.9. The molecule has 0 atom stereocenters.